The zero-order valence-electron chi connectivity index (χ0n) is 15.7. The predicted octanol–water partition coefficient (Wildman–Crippen LogP) is 6.24. The van der Waals surface area contributed by atoms with Crippen molar-refractivity contribution in [2.45, 2.75) is 27.0 Å². The van der Waals surface area contributed by atoms with Crippen molar-refractivity contribution in [3.05, 3.63) is 88.4 Å². The second kappa shape index (κ2) is 9.33. The van der Waals surface area contributed by atoms with Crippen molar-refractivity contribution in [3.8, 4) is 11.5 Å². The van der Waals surface area contributed by atoms with E-state index in [1.165, 1.54) is 5.56 Å². The molecular weight excluding hydrogens is 358 g/mol. The third-order valence-corrected chi connectivity index (χ3v) is 4.47. The monoisotopic (exact) mass is 381 g/mol. The van der Waals surface area contributed by atoms with Gasteiger partial charge in [0.25, 0.3) is 0 Å². The van der Waals surface area contributed by atoms with E-state index in [0.717, 1.165) is 22.6 Å². The van der Waals surface area contributed by atoms with Gasteiger partial charge in [0.2, 0.25) is 0 Å². The van der Waals surface area contributed by atoms with Gasteiger partial charge < -0.3 is 14.8 Å². The lowest BCUT2D eigenvalue weighted by molar-refractivity contribution is 0.306. The number of rotatable bonds is 8. The summed E-state index contributed by atoms with van der Waals surface area (Å²) in [5.41, 5.74) is 4.49. The highest BCUT2D eigenvalue weighted by atomic mass is 35.5. The zero-order valence-corrected chi connectivity index (χ0v) is 16.4. The summed E-state index contributed by atoms with van der Waals surface area (Å²) in [7, 11) is 0. The van der Waals surface area contributed by atoms with Gasteiger partial charge in [-0.2, -0.15) is 0 Å². The number of ether oxygens (including phenoxy) is 2. The van der Waals surface area contributed by atoms with E-state index in [0.29, 0.717) is 30.5 Å². The molecule has 3 aromatic carbocycles. The van der Waals surface area contributed by atoms with Gasteiger partial charge >= 0.3 is 0 Å². The van der Waals surface area contributed by atoms with Gasteiger partial charge in [-0.15, -0.1) is 0 Å². The maximum absolute atomic E-state index is 6.39. The summed E-state index contributed by atoms with van der Waals surface area (Å²) in [6, 6.07) is 22.1. The number of hydrogen-bond acceptors (Lipinski definition) is 3. The van der Waals surface area contributed by atoms with Gasteiger partial charge in [0.1, 0.15) is 18.1 Å². The highest BCUT2D eigenvalue weighted by Gasteiger charge is 2.04. The molecule has 0 radical (unpaired) electrons. The van der Waals surface area contributed by atoms with E-state index in [4.69, 9.17) is 21.1 Å². The Kier molecular flexibility index (Phi) is 6.61. The molecule has 27 heavy (non-hydrogen) atoms. The molecule has 3 rings (SSSR count). The first-order valence-corrected chi connectivity index (χ1v) is 9.45. The van der Waals surface area contributed by atoms with E-state index in [9.17, 15) is 0 Å². The molecule has 0 saturated carbocycles. The molecule has 0 bridgehead atoms. The Labute approximate surface area is 165 Å². The molecule has 0 aliphatic heterocycles. The van der Waals surface area contributed by atoms with Gasteiger partial charge in [-0.1, -0.05) is 47.5 Å². The zero-order chi connectivity index (χ0) is 19.1. The van der Waals surface area contributed by atoms with Crippen LogP contribution in [0.5, 0.6) is 11.5 Å². The van der Waals surface area contributed by atoms with Crippen LogP contribution >= 0.6 is 11.6 Å². The van der Waals surface area contributed by atoms with E-state index >= 15 is 0 Å². The van der Waals surface area contributed by atoms with Crippen molar-refractivity contribution >= 4 is 17.3 Å². The SMILES string of the molecule is CCOc1ccc(NCc2ccc(OCc3ccc(C)cc3)c(Cl)c2)cc1. The van der Waals surface area contributed by atoms with E-state index in [-0.39, 0.29) is 0 Å². The van der Waals surface area contributed by atoms with Crippen LogP contribution in [0.25, 0.3) is 0 Å². The molecule has 0 fully saturated rings. The van der Waals surface area contributed by atoms with Gasteiger partial charge in [-0.05, 0) is 61.4 Å². The first kappa shape index (κ1) is 19.1. The molecular formula is C23H24ClNO2. The number of hydrogen-bond donors (Lipinski definition) is 1. The Bertz CT molecular complexity index is 861. The van der Waals surface area contributed by atoms with Crippen molar-refractivity contribution in [2.24, 2.45) is 0 Å². The van der Waals surface area contributed by atoms with Gasteiger partial charge in [0, 0.05) is 12.2 Å². The molecule has 0 aromatic heterocycles. The van der Waals surface area contributed by atoms with Crippen LogP contribution in [0.15, 0.2) is 66.7 Å². The fourth-order valence-electron chi connectivity index (χ4n) is 2.66. The number of benzene rings is 3. The summed E-state index contributed by atoms with van der Waals surface area (Å²) in [6.07, 6.45) is 0. The fourth-order valence-corrected chi connectivity index (χ4v) is 2.91. The maximum atomic E-state index is 6.39. The van der Waals surface area contributed by atoms with E-state index < -0.39 is 0 Å². The number of anilines is 1. The average Bonchev–Trinajstić information content (AvgIpc) is 2.68. The third-order valence-electron chi connectivity index (χ3n) is 4.17. The van der Waals surface area contributed by atoms with E-state index in [1.54, 1.807) is 0 Å². The van der Waals surface area contributed by atoms with Crippen molar-refractivity contribution in [3.63, 3.8) is 0 Å². The topological polar surface area (TPSA) is 30.5 Å². The Morgan fingerprint density at radius 3 is 2.22 bits per heavy atom. The summed E-state index contributed by atoms with van der Waals surface area (Å²) < 4.78 is 11.3. The van der Waals surface area contributed by atoms with Crippen molar-refractivity contribution < 1.29 is 9.47 Å². The summed E-state index contributed by atoms with van der Waals surface area (Å²) in [6.45, 7) is 5.91. The van der Waals surface area contributed by atoms with Crippen LogP contribution < -0.4 is 14.8 Å². The molecule has 3 nitrogen and oxygen atoms in total. The minimum absolute atomic E-state index is 0.504. The van der Waals surface area contributed by atoms with Crippen LogP contribution in [0.2, 0.25) is 5.02 Å². The lowest BCUT2D eigenvalue weighted by Gasteiger charge is -2.11. The second-order valence-electron chi connectivity index (χ2n) is 6.35. The molecule has 0 heterocycles. The van der Waals surface area contributed by atoms with Crippen molar-refractivity contribution in [1.29, 1.82) is 0 Å². The lowest BCUT2D eigenvalue weighted by atomic mass is 10.1. The molecule has 0 spiro atoms. The summed E-state index contributed by atoms with van der Waals surface area (Å²) in [4.78, 5) is 0. The van der Waals surface area contributed by atoms with Gasteiger partial charge in [0.15, 0.2) is 0 Å². The van der Waals surface area contributed by atoms with E-state index in [1.807, 2.05) is 49.4 Å². The van der Waals surface area contributed by atoms with Crippen LogP contribution in [0, 0.1) is 6.92 Å². The number of nitrogens with one attached hydrogen (secondary N) is 1. The van der Waals surface area contributed by atoms with Crippen LogP contribution in [0.1, 0.15) is 23.6 Å². The standard InChI is InChI=1S/C23H24ClNO2/c1-3-26-21-11-9-20(10-12-21)25-15-19-8-13-23(22(24)14-19)27-16-18-6-4-17(2)5-7-18/h4-14,25H,3,15-16H2,1-2H3. The normalized spacial score (nSPS) is 10.5. The number of halogens is 1. The van der Waals surface area contributed by atoms with Gasteiger partial charge in [-0.3, -0.25) is 0 Å². The largest absolute Gasteiger partial charge is 0.494 e. The molecule has 0 atom stereocenters. The Hall–Kier alpha value is -2.65. The van der Waals surface area contributed by atoms with Crippen molar-refractivity contribution in [2.75, 3.05) is 11.9 Å². The molecule has 0 saturated heterocycles. The average molecular weight is 382 g/mol. The molecule has 0 aliphatic carbocycles. The molecule has 0 aliphatic rings. The third kappa shape index (κ3) is 5.66. The fraction of sp³-hybridized carbons (Fsp3) is 0.217. The Morgan fingerprint density at radius 2 is 1.56 bits per heavy atom. The smallest absolute Gasteiger partial charge is 0.138 e. The van der Waals surface area contributed by atoms with E-state index in [2.05, 4.69) is 36.5 Å². The first-order valence-electron chi connectivity index (χ1n) is 9.07. The molecule has 1 N–H and O–H groups in total. The van der Waals surface area contributed by atoms with Gasteiger partial charge in [0.05, 0.1) is 11.6 Å². The first-order chi connectivity index (χ1) is 13.1. The minimum atomic E-state index is 0.504. The lowest BCUT2D eigenvalue weighted by Crippen LogP contribution is -2.01. The minimum Gasteiger partial charge on any atom is -0.494 e. The van der Waals surface area contributed by atoms with Gasteiger partial charge in [-0.25, -0.2) is 0 Å². The summed E-state index contributed by atoms with van der Waals surface area (Å²) >= 11 is 6.39. The number of aryl methyl sites for hydroxylation is 1. The molecule has 0 unspecified atom stereocenters. The molecule has 0 amide bonds. The molecule has 3 aromatic rings. The highest BCUT2D eigenvalue weighted by Crippen LogP contribution is 2.27. The quantitative estimate of drug-likeness (QED) is 0.501. The van der Waals surface area contributed by atoms with Crippen molar-refractivity contribution in [1.82, 2.24) is 0 Å². The highest BCUT2D eigenvalue weighted by molar-refractivity contribution is 6.32. The molecule has 140 valence electrons. The second-order valence-corrected chi connectivity index (χ2v) is 6.76. The summed E-state index contributed by atoms with van der Waals surface area (Å²) in [5, 5.41) is 4.00. The van der Waals surface area contributed by atoms with Crippen LogP contribution in [-0.2, 0) is 13.2 Å². The predicted molar refractivity (Wildman–Crippen MR) is 112 cm³/mol. The van der Waals surface area contributed by atoms with Crippen LogP contribution in [0.4, 0.5) is 5.69 Å². The van der Waals surface area contributed by atoms with Crippen LogP contribution in [-0.4, -0.2) is 6.61 Å². The molecule has 4 heteroatoms. The Balaban J connectivity index is 1.55. The van der Waals surface area contributed by atoms with Crippen LogP contribution in [0.3, 0.4) is 0 Å². The summed E-state index contributed by atoms with van der Waals surface area (Å²) in [5.74, 6) is 1.57. The maximum Gasteiger partial charge on any atom is 0.138 e. The Morgan fingerprint density at radius 1 is 0.852 bits per heavy atom.